The van der Waals surface area contributed by atoms with Crippen LogP contribution >= 0.6 is 0 Å². The number of benzene rings is 3. The second-order valence-corrected chi connectivity index (χ2v) is 9.97. The number of para-hydroxylation sites is 1. The number of carbonyl (C=O) groups excluding carboxylic acids is 1. The number of sulfonamides is 1. The summed E-state index contributed by atoms with van der Waals surface area (Å²) in [5.74, 6) is 0.264. The maximum Gasteiger partial charge on any atom is 0.259 e. The fourth-order valence-corrected chi connectivity index (χ4v) is 4.83. The lowest BCUT2D eigenvalue weighted by molar-refractivity contribution is 0.102. The number of carbonyl (C=O) groups is 1. The lowest BCUT2D eigenvalue weighted by atomic mass is 10.2. The summed E-state index contributed by atoms with van der Waals surface area (Å²) >= 11 is 0. The van der Waals surface area contributed by atoms with E-state index in [1.165, 1.54) is 18.3 Å². The van der Waals surface area contributed by atoms with Gasteiger partial charge in [-0.15, -0.1) is 0 Å². The molecule has 2 heterocycles. The van der Waals surface area contributed by atoms with E-state index in [4.69, 9.17) is 0 Å². The van der Waals surface area contributed by atoms with Crippen LogP contribution in [-0.2, 0) is 16.6 Å². The number of nitrogens with zero attached hydrogens (tertiary/aromatic N) is 3. The van der Waals surface area contributed by atoms with E-state index in [0.717, 1.165) is 16.5 Å². The molecule has 0 spiro atoms. The van der Waals surface area contributed by atoms with Crippen LogP contribution in [0, 0.1) is 6.92 Å². The summed E-state index contributed by atoms with van der Waals surface area (Å²) in [7, 11) is -3.69. The molecule has 180 valence electrons. The number of pyridine rings is 1. The molecule has 0 fully saturated rings. The van der Waals surface area contributed by atoms with Gasteiger partial charge in [0.1, 0.15) is 0 Å². The number of hydrogen-bond acceptors (Lipinski definition) is 5. The van der Waals surface area contributed by atoms with Crippen LogP contribution < -0.4 is 10.0 Å². The zero-order valence-electron chi connectivity index (χ0n) is 19.4. The van der Waals surface area contributed by atoms with E-state index < -0.39 is 10.0 Å². The van der Waals surface area contributed by atoms with Gasteiger partial charge in [0.2, 0.25) is 10.0 Å². The zero-order chi connectivity index (χ0) is 25.1. The van der Waals surface area contributed by atoms with Crippen LogP contribution in [0.15, 0.2) is 102 Å². The normalized spacial score (nSPS) is 11.5. The van der Waals surface area contributed by atoms with Crippen molar-refractivity contribution in [1.82, 2.24) is 19.5 Å². The molecule has 0 bridgehead atoms. The summed E-state index contributed by atoms with van der Waals surface area (Å²) in [6.45, 7) is 1.99. The van der Waals surface area contributed by atoms with Gasteiger partial charge in [0.15, 0.2) is 5.82 Å². The van der Waals surface area contributed by atoms with Crippen molar-refractivity contribution >= 4 is 32.5 Å². The minimum absolute atomic E-state index is 0.114. The highest BCUT2D eigenvalue weighted by molar-refractivity contribution is 7.89. The van der Waals surface area contributed by atoms with E-state index in [1.54, 1.807) is 23.7 Å². The van der Waals surface area contributed by atoms with Crippen molar-refractivity contribution < 1.29 is 13.2 Å². The van der Waals surface area contributed by atoms with E-state index >= 15 is 0 Å². The first-order valence-electron chi connectivity index (χ1n) is 11.3. The number of hydrogen-bond donors (Lipinski definition) is 2. The third kappa shape index (κ3) is 4.88. The van der Waals surface area contributed by atoms with Gasteiger partial charge >= 0.3 is 0 Å². The van der Waals surface area contributed by atoms with E-state index in [-0.39, 0.29) is 17.3 Å². The average Bonchev–Trinajstić information content (AvgIpc) is 3.29. The maximum absolute atomic E-state index is 12.9. The zero-order valence-corrected chi connectivity index (χ0v) is 20.2. The van der Waals surface area contributed by atoms with Gasteiger partial charge < -0.3 is 5.32 Å². The van der Waals surface area contributed by atoms with Gasteiger partial charge in [-0.2, -0.15) is 5.10 Å². The first-order valence-corrected chi connectivity index (χ1v) is 12.7. The third-order valence-electron chi connectivity index (χ3n) is 5.79. The summed E-state index contributed by atoms with van der Waals surface area (Å²) in [6, 6.07) is 26.9. The van der Waals surface area contributed by atoms with Crippen molar-refractivity contribution in [3.63, 3.8) is 0 Å². The topological polar surface area (TPSA) is 106 Å². The van der Waals surface area contributed by atoms with E-state index in [1.807, 2.05) is 66.7 Å². The Morgan fingerprint density at radius 3 is 2.39 bits per heavy atom. The molecule has 0 aliphatic heterocycles. The summed E-state index contributed by atoms with van der Waals surface area (Å²) in [6.07, 6.45) is 1.49. The molecule has 5 rings (SSSR count). The molecule has 2 aromatic heterocycles. The van der Waals surface area contributed by atoms with Crippen molar-refractivity contribution in [2.45, 2.75) is 18.4 Å². The lowest BCUT2D eigenvalue weighted by Crippen LogP contribution is -2.23. The van der Waals surface area contributed by atoms with Crippen molar-refractivity contribution in [3.8, 4) is 5.82 Å². The minimum Gasteiger partial charge on any atom is -0.322 e. The number of rotatable bonds is 7. The molecule has 0 saturated carbocycles. The van der Waals surface area contributed by atoms with Crippen LogP contribution in [0.1, 0.15) is 21.6 Å². The fourth-order valence-electron chi connectivity index (χ4n) is 3.81. The Hall–Kier alpha value is -4.34. The van der Waals surface area contributed by atoms with E-state index in [0.29, 0.717) is 22.8 Å². The van der Waals surface area contributed by atoms with Gasteiger partial charge in [0, 0.05) is 17.6 Å². The molecule has 3 aromatic carbocycles. The number of nitrogens with one attached hydrogen (secondary N) is 2. The van der Waals surface area contributed by atoms with Crippen LogP contribution in [0.2, 0.25) is 0 Å². The molecule has 0 aliphatic rings. The Labute approximate surface area is 208 Å². The molecule has 5 aromatic rings. The first kappa shape index (κ1) is 23.4. The molecule has 8 nitrogen and oxygen atoms in total. The number of anilines is 1. The first-order chi connectivity index (χ1) is 17.4. The van der Waals surface area contributed by atoms with Crippen LogP contribution in [0.25, 0.3) is 16.7 Å². The molecule has 9 heteroatoms. The van der Waals surface area contributed by atoms with Gasteiger partial charge in [-0.25, -0.2) is 22.8 Å². The second-order valence-electron chi connectivity index (χ2n) is 8.21. The van der Waals surface area contributed by atoms with Crippen LogP contribution in [-0.4, -0.2) is 29.1 Å². The summed E-state index contributed by atoms with van der Waals surface area (Å²) in [5.41, 5.74) is 3.20. The van der Waals surface area contributed by atoms with Crippen molar-refractivity contribution in [3.05, 3.63) is 114 Å². The van der Waals surface area contributed by atoms with Gasteiger partial charge in [-0.05, 0) is 55.0 Å². The van der Waals surface area contributed by atoms with E-state index in [9.17, 15) is 13.2 Å². The van der Waals surface area contributed by atoms with Crippen LogP contribution in [0.4, 0.5) is 5.69 Å². The molecule has 1 amide bonds. The minimum atomic E-state index is -3.69. The largest absolute Gasteiger partial charge is 0.322 e. The Bertz CT molecular complexity index is 1650. The molecule has 2 N–H and O–H groups in total. The number of amides is 1. The van der Waals surface area contributed by atoms with E-state index in [2.05, 4.69) is 20.1 Å². The Balaban J connectivity index is 1.28. The number of aromatic nitrogens is 3. The van der Waals surface area contributed by atoms with Crippen molar-refractivity contribution in [2.75, 3.05) is 5.32 Å². The molecule has 0 saturated heterocycles. The Kier molecular flexibility index (Phi) is 6.32. The van der Waals surface area contributed by atoms with Gasteiger partial charge in [-0.3, -0.25) is 4.79 Å². The summed E-state index contributed by atoms with van der Waals surface area (Å²) in [4.78, 5) is 17.7. The monoisotopic (exact) mass is 497 g/mol. The second kappa shape index (κ2) is 9.73. The van der Waals surface area contributed by atoms with Crippen LogP contribution in [0.5, 0.6) is 0 Å². The molecular formula is C27H23N5O3S. The molecule has 36 heavy (non-hydrogen) atoms. The molecule has 0 unspecified atom stereocenters. The van der Waals surface area contributed by atoms with Gasteiger partial charge in [0.25, 0.3) is 5.91 Å². The molecule has 0 atom stereocenters. The number of fused-ring (bicyclic) bond motifs is 1. The smallest absolute Gasteiger partial charge is 0.259 e. The SMILES string of the molecule is Cc1c(C(=O)Nc2ccc(S(=O)(=O)NCc3ccccc3)cc2)cnn1-c1ccc2ccccc2n1. The van der Waals surface area contributed by atoms with Gasteiger partial charge in [-0.1, -0.05) is 48.5 Å². The quantitative estimate of drug-likeness (QED) is 0.345. The summed E-state index contributed by atoms with van der Waals surface area (Å²) < 4.78 is 29.4. The molecular weight excluding hydrogens is 474 g/mol. The highest BCUT2D eigenvalue weighted by Crippen LogP contribution is 2.19. The fraction of sp³-hybridized carbons (Fsp3) is 0.0741. The predicted molar refractivity (Wildman–Crippen MR) is 138 cm³/mol. The third-order valence-corrected chi connectivity index (χ3v) is 7.20. The maximum atomic E-state index is 12.9. The average molecular weight is 498 g/mol. The molecule has 0 aliphatic carbocycles. The Morgan fingerprint density at radius 1 is 0.889 bits per heavy atom. The van der Waals surface area contributed by atoms with Gasteiger partial charge in [0.05, 0.1) is 27.9 Å². The molecule has 0 radical (unpaired) electrons. The highest BCUT2D eigenvalue weighted by Gasteiger charge is 2.17. The highest BCUT2D eigenvalue weighted by atomic mass is 32.2. The Morgan fingerprint density at radius 2 is 1.61 bits per heavy atom. The lowest BCUT2D eigenvalue weighted by Gasteiger charge is -2.09. The van der Waals surface area contributed by atoms with Crippen LogP contribution in [0.3, 0.4) is 0 Å². The predicted octanol–water partition coefficient (Wildman–Crippen LogP) is 4.46. The summed E-state index contributed by atoms with van der Waals surface area (Å²) in [5, 5.41) is 8.17. The van der Waals surface area contributed by atoms with Crippen molar-refractivity contribution in [1.29, 1.82) is 0 Å². The van der Waals surface area contributed by atoms with Crippen molar-refractivity contribution in [2.24, 2.45) is 0 Å². The standard InChI is InChI=1S/C27H23N5O3S/c1-19-24(18-28-32(19)26-16-11-21-9-5-6-10-25(21)31-26)27(33)30-22-12-14-23(15-13-22)36(34,35)29-17-20-7-3-2-4-8-20/h2-16,18,29H,17H2,1H3,(H,30,33).